The number of carbonyl (C=O) groups excluding carboxylic acids is 1. The highest BCUT2D eigenvalue weighted by Gasteiger charge is 2.12. The van der Waals surface area contributed by atoms with E-state index in [4.69, 9.17) is 4.74 Å². The Labute approximate surface area is 106 Å². The van der Waals surface area contributed by atoms with E-state index < -0.39 is 0 Å². The maximum Gasteiger partial charge on any atom is 0.157 e. The van der Waals surface area contributed by atoms with Crippen LogP contribution in [0.4, 0.5) is 0 Å². The normalized spacial score (nSPS) is 11.1. The lowest BCUT2D eigenvalue weighted by Crippen LogP contribution is -1.97. The third kappa shape index (κ3) is 1.71. The second-order valence-electron chi connectivity index (χ2n) is 3.60. The fourth-order valence-electron chi connectivity index (χ4n) is 1.83. The molecule has 0 saturated carbocycles. The summed E-state index contributed by atoms with van der Waals surface area (Å²) in [6.07, 6.45) is 0.764. The first-order valence-electron chi connectivity index (χ1n) is 5.13. The molecule has 0 aliphatic heterocycles. The molecule has 0 atom stereocenters. The van der Waals surface area contributed by atoms with Gasteiger partial charge in [-0.05, 0) is 18.4 Å². The van der Waals surface area contributed by atoms with Crippen LogP contribution in [0.1, 0.15) is 5.01 Å². The molecule has 3 rings (SSSR count). The highest BCUT2D eigenvalue weighted by Crippen LogP contribution is 2.38. The topological polar surface area (TPSA) is 39.2 Å². The van der Waals surface area contributed by atoms with Crippen molar-refractivity contribution in [3.63, 3.8) is 0 Å². The predicted octanol–water partition coefficient (Wildman–Crippen LogP) is 3.40. The summed E-state index contributed by atoms with van der Waals surface area (Å²) in [6, 6.07) is 3.98. The zero-order valence-corrected chi connectivity index (χ0v) is 10.7. The summed E-state index contributed by atoms with van der Waals surface area (Å²) < 4.78 is 7.70. The Hall–Kier alpha value is -1.46. The van der Waals surface area contributed by atoms with Crippen LogP contribution in [0.2, 0.25) is 0 Å². The van der Waals surface area contributed by atoms with Gasteiger partial charge in [0.1, 0.15) is 12.4 Å². The van der Waals surface area contributed by atoms with Gasteiger partial charge >= 0.3 is 0 Å². The number of thiazole rings is 1. The number of aromatic nitrogens is 1. The maximum absolute atomic E-state index is 10.4. The average molecular weight is 263 g/mol. The van der Waals surface area contributed by atoms with Gasteiger partial charge in [-0.25, -0.2) is 4.98 Å². The van der Waals surface area contributed by atoms with Crippen LogP contribution >= 0.6 is 22.7 Å². The molecule has 3 aromatic rings. The quantitative estimate of drug-likeness (QED) is 0.680. The van der Waals surface area contributed by atoms with Gasteiger partial charge in [0.25, 0.3) is 0 Å². The van der Waals surface area contributed by atoms with E-state index in [1.165, 1.54) is 0 Å². The van der Waals surface area contributed by atoms with Gasteiger partial charge in [0.15, 0.2) is 6.29 Å². The zero-order chi connectivity index (χ0) is 11.8. The van der Waals surface area contributed by atoms with Crippen LogP contribution < -0.4 is 4.74 Å². The Bertz CT molecular complexity index is 699. The van der Waals surface area contributed by atoms with Crippen molar-refractivity contribution in [1.29, 1.82) is 0 Å². The first-order valence-corrected chi connectivity index (χ1v) is 6.83. The summed E-state index contributed by atoms with van der Waals surface area (Å²) >= 11 is 3.30. The van der Waals surface area contributed by atoms with Gasteiger partial charge in [0.2, 0.25) is 0 Å². The summed E-state index contributed by atoms with van der Waals surface area (Å²) in [7, 11) is 0. The van der Waals surface area contributed by atoms with Crippen molar-refractivity contribution in [2.75, 3.05) is 6.61 Å². The van der Waals surface area contributed by atoms with Gasteiger partial charge < -0.3 is 4.74 Å². The zero-order valence-electron chi connectivity index (χ0n) is 9.10. The van der Waals surface area contributed by atoms with Crippen LogP contribution in [0, 0.1) is 6.92 Å². The van der Waals surface area contributed by atoms with Crippen LogP contribution in [-0.4, -0.2) is 17.9 Å². The number of fused-ring (bicyclic) bond motifs is 3. The molecule has 0 saturated heterocycles. The molecule has 5 heteroatoms. The molecule has 0 bridgehead atoms. The molecular formula is C12H9NO2S2. The number of hydrogen-bond donors (Lipinski definition) is 0. The van der Waals surface area contributed by atoms with Crippen LogP contribution in [0.15, 0.2) is 17.5 Å². The molecule has 0 fully saturated rings. The van der Waals surface area contributed by atoms with Crippen molar-refractivity contribution in [3.8, 4) is 5.75 Å². The molecule has 0 amide bonds. The third-order valence-corrected chi connectivity index (χ3v) is 4.31. The van der Waals surface area contributed by atoms with Crippen molar-refractivity contribution in [1.82, 2.24) is 4.98 Å². The van der Waals surface area contributed by atoms with Crippen molar-refractivity contribution < 1.29 is 9.53 Å². The molecule has 3 nitrogen and oxygen atoms in total. The van der Waals surface area contributed by atoms with Crippen LogP contribution in [0.25, 0.3) is 20.3 Å². The molecular weight excluding hydrogens is 254 g/mol. The third-order valence-electron chi connectivity index (χ3n) is 2.48. The minimum Gasteiger partial charge on any atom is -0.485 e. The number of thiophene rings is 1. The maximum atomic E-state index is 10.4. The van der Waals surface area contributed by atoms with Gasteiger partial charge in [-0.3, -0.25) is 4.79 Å². The Morgan fingerprint density at radius 1 is 1.53 bits per heavy atom. The van der Waals surface area contributed by atoms with Crippen LogP contribution in [0.3, 0.4) is 0 Å². The summed E-state index contributed by atoms with van der Waals surface area (Å²) in [5.41, 5.74) is 1.04. The van der Waals surface area contributed by atoms with Crippen molar-refractivity contribution in [3.05, 3.63) is 22.5 Å². The number of nitrogens with zero attached hydrogens (tertiary/aromatic N) is 1. The van der Waals surface area contributed by atoms with E-state index in [-0.39, 0.29) is 6.61 Å². The number of aldehydes is 1. The lowest BCUT2D eigenvalue weighted by atomic mass is 10.2. The molecule has 0 spiro atoms. The van der Waals surface area contributed by atoms with E-state index in [1.807, 2.05) is 24.4 Å². The van der Waals surface area contributed by atoms with E-state index in [2.05, 4.69) is 4.98 Å². The number of carbonyl (C=O) groups is 1. The fraction of sp³-hybridized carbons (Fsp3) is 0.167. The molecule has 86 valence electrons. The number of rotatable bonds is 3. The standard InChI is InChI=1S/C12H9NO2S2/c1-7-13-11-10(17-7)6-9(15-4-3-14)8-2-5-16-12(8)11/h2-3,5-6H,4H2,1H3. The first-order chi connectivity index (χ1) is 8.29. The minimum atomic E-state index is 0.0915. The second kappa shape index (κ2) is 4.09. The summed E-state index contributed by atoms with van der Waals surface area (Å²) in [4.78, 5) is 14.9. The Kier molecular flexibility index (Phi) is 2.57. The SMILES string of the molecule is Cc1nc2c(cc(OCC=O)c3ccsc32)s1. The monoisotopic (exact) mass is 263 g/mol. The van der Waals surface area contributed by atoms with Gasteiger partial charge in [0.05, 0.1) is 19.9 Å². The Morgan fingerprint density at radius 3 is 3.24 bits per heavy atom. The van der Waals surface area contributed by atoms with Crippen LogP contribution in [-0.2, 0) is 4.79 Å². The van der Waals surface area contributed by atoms with E-state index >= 15 is 0 Å². The fourth-order valence-corrected chi connectivity index (χ4v) is 3.66. The molecule has 0 aliphatic carbocycles. The average Bonchev–Trinajstić information content (AvgIpc) is 2.90. The van der Waals surface area contributed by atoms with Crippen molar-refractivity contribution in [2.45, 2.75) is 6.92 Å². The molecule has 0 radical (unpaired) electrons. The molecule has 0 aliphatic rings. The Balaban J connectivity index is 2.30. The molecule has 1 aromatic carbocycles. The summed E-state index contributed by atoms with van der Waals surface area (Å²) in [5.74, 6) is 0.768. The lowest BCUT2D eigenvalue weighted by Gasteiger charge is -2.04. The van der Waals surface area contributed by atoms with Gasteiger partial charge in [0, 0.05) is 11.5 Å². The predicted molar refractivity (Wildman–Crippen MR) is 71.3 cm³/mol. The van der Waals surface area contributed by atoms with Gasteiger partial charge in [-0.15, -0.1) is 22.7 Å². The number of benzene rings is 1. The lowest BCUT2D eigenvalue weighted by molar-refractivity contribution is -0.109. The molecule has 17 heavy (non-hydrogen) atoms. The summed E-state index contributed by atoms with van der Waals surface area (Å²) in [6.45, 7) is 2.09. The Morgan fingerprint density at radius 2 is 2.41 bits per heavy atom. The van der Waals surface area contributed by atoms with E-state index in [0.717, 1.165) is 37.3 Å². The van der Waals surface area contributed by atoms with Crippen LogP contribution in [0.5, 0.6) is 5.75 Å². The largest absolute Gasteiger partial charge is 0.485 e. The highest BCUT2D eigenvalue weighted by molar-refractivity contribution is 7.21. The first kappa shape index (κ1) is 10.7. The number of hydrogen-bond acceptors (Lipinski definition) is 5. The van der Waals surface area contributed by atoms with Gasteiger partial charge in [-0.2, -0.15) is 0 Å². The highest BCUT2D eigenvalue weighted by atomic mass is 32.1. The summed E-state index contributed by atoms with van der Waals surface area (Å²) in [5, 5.41) is 4.10. The van der Waals surface area contributed by atoms with Crippen molar-refractivity contribution >= 4 is 49.3 Å². The molecule has 0 N–H and O–H groups in total. The van der Waals surface area contributed by atoms with Crippen molar-refractivity contribution in [2.24, 2.45) is 0 Å². The van der Waals surface area contributed by atoms with E-state index in [0.29, 0.717) is 0 Å². The second-order valence-corrected chi connectivity index (χ2v) is 5.75. The van der Waals surface area contributed by atoms with Gasteiger partial charge in [-0.1, -0.05) is 0 Å². The minimum absolute atomic E-state index is 0.0915. The molecule has 2 aromatic heterocycles. The number of ether oxygens (including phenoxy) is 1. The number of aryl methyl sites for hydroxylation is 1. The van der Waals surface area contributed by atoms with E-state index in [1.54, 1.807) is 22.7 Å². The van der Waals surface area contributed by atoms with E-state index in [9.17, 15) is 4.79 Å². The molecule has 0 unspecified atom stereocenters. The molecule has 2 heterocycles. The smallest absolute Gasteiger partial charge is 0.157 e.